The molecule has 1 heterocycles. The maximum atomic E-state index is 12.7. The molecule has 4 rings (SSSR count). The fraction of sp³-hybridized carbons (Fsp3) is 0.364. The van der Waals surface area contributed by atoms with Crippen LogP contribution in [0.25, 0.3) is 10.9 Å². The third-order valence-electron chi connectivity index (χ3n) is 5.20. The zero-order valence-electron chi connectivity index (χ0n) is 16.0. The SMILES string of the molecule is CN(C)CCc1c[nH]c2cccc(O[C@H]3Cc4cccc(OC(F)F)c4C3)c12. The molecule has 148 valence electrons. The number of rotatable bonds is 7. The molecular weight excluding hydrogens is 362 g/mol. The Morgan fingerprint density at radius 2 is 1.89 bits per heavy atom. The number of hydrogen-bond donors (Lipinski definition) is 1. The number of halogens is 2. The van der Waals surface area contributed by atoms with Gasteiger partial charge in [-0.25, -0.2) is 0 Å². The van der Waals surface area contributed by atoms with Gasteiger partial charge in [-0.15, -0.1) is 0 Å². The van der Waals surface area contributed by atoms with Crippen molar-refractivity contribution < 1.29 is 18.3 Å². The Balaban J connectivity index is 1.57. The summed E-state index contributed by atoms with van der Waals surface area (Å²) in [5, 5.41) is 1.10. The first-order chi connectivity index (χ1) is 13.5. The molecule has 3 aromatic rings. The van der Waals surface area contributed by atoms with Crippen LogP contribution >= 0.6 is 0 Å². The van der Waals surface area contributed by atoms with E-state index >= 15 is 0 Å². The normalized spacial score (nSPS) is 16.1. The number of H-pyrrole nitrogens is 1. The van der Waals surface area contributed by atoms with Gasteiger partial charge in [-0.05, 0) is 49.8 Å². The lowest BCUT2D eigenvalue weighted by atomic mass is 10.1. The van der Waals surface area contributed by atoms with E-state index in [4.69, 9.17) is 4.74 Å². The molecule has 0 unspecified atom stereocenters. The van der Waals surface area contributed by atoms with Crippen molar-refractivity contribution in [2.45, 2.75) is 32.0 Å². The predicted octanol–water partition coefficient (Wildman–Crippen LogP) is 4.42. The summed E-state index contributed by atoms with van der Waals surface area (Å²) in [6.07, 6.45) is 4.11. The van der Waals surface area contributed by atoms with E-state index in [0.29, 0.717) is 12.8 Å². The third kappa shape index (κ3) is 3.83. The first-order valence-corrected chi connectivity index (χ1v) is 9.47. The Bertz CT molecular complexity index is 968. The van der Waals surface area contributed by atoms with Gasteiger partial charge < -0.3 is 19.4 Å². The number of aromatic amines is 1. The number of fused-ring (bicyclic) bond motifs is 2. The molecule has 1 aromatic heterocycles. The molecule has 0 radical (unpaired) electrons. The van der Waals surface area contributed by atoms with E-state index in [2.05, 4.69) is 28.7 Å². The monoisotopic (exact) mass is 386 g/mol. The average molecular weight is 386 g/mol. The highest BCUT2D eigenvalue weighted by Crippen LogP contribution is 2.36. The minimum Gasteiger partial charge on any atom is -0.489 e. The molecule has 0 saturated heterocycles. The van der Waals surface area contributed by atoms with Crippen molar-refractivity contribution in [3.05, 3.63) is 59.3 Å². The van der Waals surface area contributed by atoms with Crippen LogP contribution in [0.5, 0.6) is 11.5 Å². The Morgan fingerprint density at radius 1 is 1.11 bits per heavy atom. The summed E-state index contributed by atoms with van der Waals surface area (Å²) in [6.45, 7) is -1.87. The van der Waals surface area contributed by atoms with E-state index in [1.165, 1.54) is 5.56 Å². The molecule has 0 aliphatic heterocycles. The van der Waals surface area contributed by atoms with E-state index in [1.807, 2.05) is 30.5 Å². The van der Waals surface area contributed by atoms with Crippen molar-refractivity contribution in [3.8, 4) is 11.5 Å². The molecule has 1 aliphatic rings. The summed E-state index contributed by atoms with van der Waals surface area (Å²) in [4.78, 5) is 5.48. The van der Waals surface area contributed by atoms with Crippen molar-refractivity contribution in [2.24, 2.45) is 0 Å². The second-order valence-electron chi connectivity index (χ2n) is 7.47. The fourth-order valence-corrected chi connectivity index (χ4v) is 3.91. The number of likely N-dealkylation sites (N-methyl/N-ethyl adjacent to an activating group) is 1. The number of benzene rings is 2. The lowest BCUT2D eigenvalue weighted by molar-refractivity contribution is -0.0505. The van der Waals surface area contributed by atoms with Gasteiger partial charge in [-0.1, -0.05) is 18.2 Å². The molecule has 1 atom stereocenters. The summed E-state index contributed by atoms with van der Waals surface area (Å²) < 4.78 is 36.4. The average Bonchev–Trinajstić information content (AvgIpc) is 3.24. The number of hydrogen-bond acceptors (Lipinski definition) is 3. The first-order valence-electron chi connectivity index (χ1n) is 9.47. The van der Waals surface area contributed by atoms with Crippen LogP contribution in [0.1, 0.15) is 16.7 Å². The molecule has 1 N–H and O–H groups in total. The van der Waals surface area contributed by atoms with Crippen LogP contribution in [0.15, 0.2) is 42.6 Å². The quantitative estimate of drug-likeness (QED) is 0.653. The van der Waals surface area contributed by atoms with Gasteiger partial charge in [0.2, 0.25) is 0 Å². The van der Waals surface area contributed by atoms with Gasteiger partial charge in [0.25, 0.3) is 0 Å². The molecule has 0 fully saturated rings. The molecule has 4 nitrogen and oxygen atoms in total. The van der Waals surface area contributed by atoms with Crippen LogP contribution in [0.3, 0.4) is 0 Å². The van der Waals surface area contributed by atoms with E-state index in [1.54, 1.807) is 12.1 Å². The van der Waals surface area contributed by atoms with Crippen molar-refractivity contribution in [1.82, 2.24) is 9.88 Å². The molecule has 0 spiro atoms. The maximum absolute atomic E-state index is 12.7. The summed E-state index contributed by atoms with van der Waals surface area (Å²) in [5.74, 6) is 1.09. The van der Waals surface area contributed by atoms with Gasteiger partial charge in [-0.3, -0.25) is 0 Å². The second kappa shape index (κ2) is 7.80. The van der Waals surface area contributed by atoms with E-state index < -0.39 is 6.61 Å². The second-order valence-corrected chi connectivity index (χ2v) is 7.47. The number of aromatic nitrogens is 1. The lowest BCUT2D eigenvalue weighted by Crippen LogP contribution is -2.17. The molecule has 0 saturated carbocycles. The minimum atomic E-state index is -2.82. The number of nitrogens with zero attached hydrogens (tertiary/aromatic N) is 1. The number of ether oxygens (including phenoxy) is 2. The molecule has 0 amide bonds. The molecule has 28 heavy (non-hydrogen) atoms. The van der Waals surface area contributed by atoms with Crippen LogP contribution in [0.2, 0.25) is 0 Å². The van der Waals surface area contributed by atoms with Crippen LogP contribution in [0.4, 0.5) is 8.78 Å². The third-order valence-corrected chi connectivity index (χ3v) is 5.20. The van der Waals surface area contributed by atoms with Gasteiger partial charge in [0.15, 0.2) is 0 Å². The zero-order chi connectivity index (χ0) is 19.7. The minimum absolute atomic E-state index is 0.0976. The van der Waals surface area contributed by atoms with Crippen LogP contribution in [-0.2, 0) is 19.3 Å². The van der Waals surface area contributed by atoms with Gasteiger partial charge in [0, 0.05) is 42.0 Å². The van der Waals surface area contributed by atoms with Crippen molar-refractivity contribution in [2.75, 3.05) is 20.6 Å². The summed E-state index contributed by atoms with van der Waals surface area (Å²) in [5.41, 5.74) is 4.10. The number of alkyl halides is 2. The molecule has 1 aliphatic carbocycles. The Kier molecular flexibility index (Phi) is 5.22. The summed E-state index contributed by atoms with van der Waals surface area (Å²) >= 11 is 0. The van der Waals surface area contributed by atoms with Crippen LogP contribution in [-0.4, -0.2) is 43.2 Å². The highest BCUT2D eigenvalue weighted by molar-refractivity contribution is 5.89. The summed E-state index contributed by atoms with van der Waals surface area (Å²) in [6, 6.07) is 11.3. The van der Waals surface area contributed by atoms with Crippen molar-refractivity contribution >= 4 is 10.9 Å². The highest BCUT2D eigenvalue weighted by Gasteiger charge is 2.27. The van der Waals surface area contributed by atoms with E-state index in [9.17, 15) is 8.78 Å². The highest BCUT2D eigenvalue weighted by atomic mass is 19.3. The maximum Gasteiger partial charge on any atom is 0.387 e. The first kappa shape index (κ1) is 18.7. The molecule has 6 heteroatoms. The van der Waals surface area contributed by atoms with Gasteiger partial charge >= 0.3 is 6.61 Å². The Morgan fingerprint density at radius 3 is 2.68 bits per heavy atom. The smallest absolute Gasteiger partial charge is 0.387 e. The van der Waals surface area contributed by atoms with E-state index in [0.717, 1.165) is 40.7 Å². The molecule has 0 bridgehead atoms. The molecular formula is C22H24F2N2O2. The Labute approximate surface area is 163 Å². The van der Waals surface area contributed by atoms with Crippen molar-refractivity contribution in [1.29, 1.82) is 0 Å². The predicted molar refractivity (Wildman–Crippen MR) is 105 cm³/mol. The standard InChI is InChI=1S/C22H24F2N2O2/c1-26(2)10-9-15-13-25-18-6-4-8-20(21(15)18)27-16-11-14-5-3-7-19(17(14)12-16)28-22(23)24/h3-8,13,16,22,25H,9-12H2,1-2H3/t16-/m0/s1. The fourth-order valence-electron chi connectivity index (χ4n) is 3.91. The van der Waals surface area contributed by atoms with Gasteiger partial charge in [-0.2, -0.15) is 8.78 Å². The van der Waals surface area contributed by atoms with E-state index in [-0.39, 0.29) is 11.9 Å². The Hall–Kier alpha value is -2.60. The van der Waals surface area contributed by atoms with Crippen molar-refractivity contribution in [3.63, 3.8) is 0 Å². The van der Waals surface area contributed by atoms with Gasteiger partial charge in [0.1, 0.15) is 17.6 Å². The topological polar surface area (TPSA) is 37.5 Å². The van der Waals surface area contributed by atoms with Gasteiger partial charge in [0.05, 0.1) is 0 Å². The largest absolute Gasteiger partial charge is 0.489 e. The summed E-state index contributed by atoms with van der Waals surface area (Å²) in [7, 11) is 4.11. The number of nitrogens with one attached hydrogen (secondary N) is 1. The lowest BCUT2D eigenvalue weighted by Gasteiger charge is -2.16. The molecule has 2 aromatic carbocycles. The van der Waals surface area contributed by atoms with Crippen LogP contribution < -0.4 is 9.47 Å². The van der Waals surface area contributed by atoms with Crippen LogP contribution in [0, 0.1) is 0 Å². The zero-order valence-corrected chi connectivity index (χ0v) is 16.0.